The zero-order valence-electron chi connectivity index (χ0n) is 12.5. The predicted molar refractivity (Wildman–Crippen MR) is 80.1 cm³/mol. The van der Waals surface area contributed by atoms with E-state index in [1.54, 1.807) is 12.4 Å². The maximum Gasteiger partial charge on any atom is 0.244 e. The molecule has 2 saturated heterocycles. The van der Waals surface area contributed by atoms with Crippen molar-refractivity contribution in [2.75, 3.05) is 19.8 Å². The molecule has 2 aliphatic rings. The zero-order chi connectivity index (χ0) is 14.8. The Balaban J connectivity index is 1.54. The van der Waals surface area contributed by atoms with Crippen LogP contribution in [0.25, 0.3) is 11.4 Å². The van der Waals surface area contributed by atoms with Gasteiger partial charge in [-0.25, -0.2) is 0 Å². The quantitative estimate of drug-likeness (QED) is 0.867. The highest BCUT2D eigenvalue weighted by Crippen LogP contribution is 2.35. The third-order valence-corrected chi connectivity index (χ3v) is 4.62. The minimum atomic E-state index is 0.256. The molecule has 2 aromatic rings. The monoisotopic (exact) mass is 300 g/mol. The third-order valence-electron chi connectivity index (χ3n) is 4.62. The van der Waals surface area contributed by atoms with Crippen molar-refractivity contribution in [3.63, 3.8) is 0 Å². The lowest BCUT2D eigenvalue weighted by molar-refractivity contribution is 0.0243. The molecule has 6 heteroatoms. The number of pyridine rings is 1. The average Bonchev–Trinajstić information content (AvgIpc) is 3.25. The SMILES string of the molecule is c1cc(-c2noc([C@@H]3CCCN3C3CCOCC3)n2)ccn1. The number of rotatable bonds is 3. The lowest BCUT2D eigenvalue weighted by atomic mass is 10.1. The van der Waals surface area contributed by atoms with Crippen LogP contribution in [0.3, 0.4) is 0 Å². The Morgan fingerprint density at radius 2 is 1.91 bits per heavy atom. The molecule has 0 aromatic carbocycles. The van der Waals surface area contributed by atoms with Gasteiger partial charge in [0.15, 0.2) is 0 Å². The maximum atomic E-state index is 5.57. The fourth-order valence-electron chi connectivity index (χ4n) is 3.50. The van der Waals surface area contributed by atoms with Gasteiger partial charge in [0.2, 0.25) is 11.7 Å². The van der Waals surface area contributed by atoms with E-state index in [9.17, 15) is 0 Å². The van der Waals surface area contributed by atoms with Gasteiger partial charge < -0.3 is 9.26 Å². The first-order chi connectivity index (χ1) is 10.9. The number of ether oxygens (including phenoxy) is 1. The van der Waals surface area contributed by atoms with Crippen molar-refractivity contribution >= 4 is 0 Å². The molecule has 2 aromatic heterocycles. The van der Waals surface area contributed by atoms with Gasteiger partial charge in [-0.05, 0) is 44.4 Å². The Bertz CT molecular complexity index is 610. The Labute approximate surface area is 129 Å². The molecule has 116 valence electrons. The third kappa shape index (κ3) is 2.64. The minimum absolute atomic E-state index is 0.256. The summed E-state index contributed by atoms with van der Waals surface area (Å²) in [7, 11) is 0. The van der Waals surface area contributed by atoms with E-state index < -0.39 is 0 Å². The molecule has 0 spiro atoms. The van der Waals surface area contributed by atoms with Crippen molar-refractivity contribution in [1.82, 2.24) is 20.0 Å². The molecular formula is C16H20N4O2. The zero-order valence-corrected chi connectivity index (χ0v) is 12.5. The first kappa shape index (κ1) is 13.8. The number of hydrogen-bond acceptors (Lipinski definition) is 6. The van der Waals surface area contributed by atoms with E-state index in [0.29, 0.717) is 11.9 Å². The highest BCUT2D eigenvalue weighted by atomic mass is 16.5. The first-order valence-electron chi connectivity index (χ1n) is 7.99. The van der Waals surface area contributed by atoms with Crippen LogP contribution in [0.2, 0.25) is 0 Å². The molecule has 2 aliphatic heterocycles. The summed E-state index contributed by atoms with van der Waals surface area (Å²) in [5.74, 6) is 1.40. The van der Waals surface area contributed by atoms with E-state index in [2.05, 4.69) is 20.0 Å². The summed E-state index contributed by atoms with van der Waals surface area (Å²) in [6.45, 7) is 2.84. The van der Waals surface area contributed by atoms with Crippen molar-refractivity contribution in [2.45, 2.75) is 37.8 Å². The minimum Gasteiger partial charge on any atom is -0.381 e. The van der Waals surface area contributed by atoms with Crippen LogP contribution in [-0.2, 0) is 4.74 Å². The molecule has 2 fully saturated rings. The summed E-state index contributed by atoms with van der Waals surface area (Å²) < 4.78 is 11.0. The summed E-state index contributed by atoms with van der Waals surface area (Å²) >= 11 is 0. The summed E-state index contributed by atoms with van der Waals surface area (Å²) in [6, 6.07) is 4.64. The molecule has 6 nitrogen and oxygen atoms in total. The van der Waals surface area contributed by atoms with Crippen LogP contribution in [0, 0.1) is 0 Å². The Morgan fingerprint density at radius 1 is 1.09 bits per heavy atom. The second-order valence-electron chi connectivity index (χ2n) is 5.93. The number of nitrogens with zero attached hydrogens (tertiary/aromatic N) is 4. The van der Waals surface area contributed by atoms with Crippen molar-refractivity contribution in [3.8, 4) is 11.4 Å². The van der Waals surface area contributed by atoms with Gasteiger partial charge >= 0.3 is 0 Å². The highest BCUT2D eigenvalue weighted by molar-refractivity contribution is 5.52. The Morgan fingerprint density at radius 3 is 2.73 bits per heavy atom. The number of aromatic nitrogens is 3. The molecule has 0 amide bonds. The van der Waals surface area contributed by atoms with Gasteiger partial charge in [-0.1, -0.05) is 5.16 Å². The molecule has 22 heavy (non-hydrogen) atoms. The van der Waals surface area contributed by atoms with Crippen molar-refractivity contribution in [3.05, 3.63) is 30.4 Å². The summed E-state index contributed by atoms with van der Waals surface area (Å²) in [4.78, 5) is 11.2. The van der Waals surface area contributed by atoms with E-state index in [1.807, 2.05) is 12.1 Å². The largest absolute Gasteiger partial charge is 0.381 e. The van der Waals surface area contributed by atoms with Gasteiger partial charge in [0.25, 0.3) is 0 Å². The van der Waals surface area contributed by atoms with Gasteiger partial charge in [0.05, 0.1) is 6.04 Å². The molecule has 0 saturated carbocycles. The second kappa shape index (κ2) is 6.14. The first-order valence-corrected chi connectivity index (χ1v) is 7.99. The van der Waals surface area contributed by atoms with E-state index in [0.717, 1.165) is 50.5 Å². The summed E-state index contributed by atoms with van der Waals surface area (Å²) in [6.07, 6.45) is 7.97. The molecule has 1 atom stereocenters. The topological polar surface area (TPSA) is 64.3 Å². The maximum absolute atomic E-state index is 5.57. The molecule has 0 bridgehead atoms. The predicted octanol–water partition coefficient (Wildman–Crippen LogP) is 2.45. The fraction of sp³-hybridized carbons (Fsp3) is 0.562. The van der Waals surface area contributed by atoms with E-state index in [1.165, 1.54) is 6.42 Å². The van der Waals surface area contributed by atoms with Crippen molar-refractivity contribution in [1.29, 1.82) is 0 Å². The Hall–Kier alpha value is -1.79. The molecule has 4 heterocycles. The van der Waals surface area contributed by atoms with Crippen LogP contribution in [0.1, 0.15) is 37.6 Å². The average molecular weight is 300 g/mol. The van der Waals surface area contributed by atoms with Crippen LogP contribution >= 0.6 is 0 Å². The highest BCUT2D eigenvalue weighted by Gasteiger charge is 2.35. The molecule has 0 aliphatic carbocycles. The molecule has 0 unspecified atom stereocenters. The second-order valence-corrected chi connectivity index (χ2v) is 5.93. The fourth-order valence-corrected chi connectivity index (χ4v) is 3.50. The van der Waals surface area contributed by atoms with Gasteiger partial charge in [0.1, 0.15) is 0 Å². The smallest absolute Gasteiger partial charge is 0.244 e. The lowest BCUT2D eigenvalue weighted by Crippen LogP contribution is -2.39. The van der Waals surface area contributed by atoms with Gasteiger partial charge in [-0.2, -0.15) is 4.98 Å². The molecule has 0 radical (unpaired) electrons. The Kier molecular flexibility index (Phi) is 3.86. The van der Waals surface area contributed by atoms with Crippen molar-refractivity contribution < 1.29 is 9.26 Å². The molecular weight excluding hydrogens is 280 g/mol. The van der Waals surface area contributed by atoms with Crippen molar-refractivity contribution in [2.24, 2.45) is 0 Å². The molecule has 0 N–H and O–H groups in total. The number of hydrogen-bond donors (Lipinski definition) is 0. The van der Waals surface area contributed by atoms with E-state index in [4.69, 9.17) is 9.26 Å². The number of likely N-dealkylation sites (tertiary alicyclic amines) is 1. The van der Waals surface area contributed by atoms with E-state index in [-0.39, 0.29) is 6.04 Å². The lowest BCUT2D eigenvalue weighted by Gasteiger charge is -2.33. The standard InChI is InChI=1S/C16H20N4O2/c1-2-14(20(9-1)13-5-10-21-11-6-13)16-18-15(19-22-16)12-3-7-17-8-4-12/h3-4,7-8,13-14H,1-2,5-6,9-11H2/t14-/m0/s1. The normalized spacial score (nSPS) is 23.9. The van der Waals surface area contributed by atoms with Crippen LogP contribution < -0.4 is 0 Å². The molecule has 4 rings (SSSR count). The van der Waals surface area contributed by atoms with Gasteiger partial charge in [0, 0.05) is 37.2 Å². The van der Waals surface area contributed by atoms with Crippen LogP contribution in [0.15, 0.2) is 29.0 Å². The summed E-state index contributed by atoms with van der Waals surface area (Å²) in [5, 5.41) is 4.15. The summed E-state index contributed by atoms with van der Waals surface area (Å²) in [5.41, 5.74) is 0.945. The van der Waals surface area contributed by atoms with Gasteiger partial charge in [-0.15, -0.1) is 0 Å². The van der Waals surface area contributed by atoms with Crippen LogP contribution in [-0.4, -0.2) is 45.8 Å². The van der Waals surface area contributed by atoms with E-state index >= 15 is 0 Å². The van der Waals surface area contributed by atoms with Crippen LogP contribution in [0.5, 0.6) is 0 Å². The van der Waals surface area contributed by atoms with Gasteiger partial charge in [-0.3, -0.25) is 9.88 Å². The van der Waals surface area contributed by atoms with Crippen LogP contribution in [0.4, 0.5) is 0 Å².